The van der Waals surface area contributed by atoms with Crippen LogP contribution in [0.1, 0.15) is 18.4 Å². The Balaban J connectivity index is 1.83. The van der Waals surface area contributed by atoms with Crippen LogP contribution in [0.4, 0.5) is 0 Å². The largest absolute Gasteiger partial charge is 0.508 e. The molecule has 1 saturated heterocycles. The van der Waals surface area contributed by atoms with Crippen LogP contribution in [0.2, 0.25) is 0 Å². The van der Waals surface area contributed by atoms with E-state index in [2.05, 4.69) is 0 Å². The number of esters is 1. The van der Waals surface area contributed by atoms with E-state index < -0.39 is 55.8 Å². The van der Waals surface area contributed by atoms with Gasteiger partial charge in [0.15, 0.2) is 6.10 Å². The number of allylic oxidation sites excluding steroid dienone is 1. The fourth-order valence-electron chi connectivity index (χ4n) is 3.26. The fraction of sp³-hybridized carbons (Fsp3) is 0.526. The highest BCUT2D eigenvalue weighted by Crippen LogP contribution is 2.31. The van der Waals surface area contributed by atoms with Gasteiger partial charge in [-0.15, -0.1) is 0 Å². The molecule has 154 valence electrons. The van der Waals surface area contributed by atoms with Crippen LogP contribution >= 0.6 is 0 Å². The zero-order valence-corrected chi connectivity index (χ0v) is 15.0. The molecule has 1 aliphatic carbocycles. The summed E-state index contributed by atoms with van der Waals surface area (Å²) in [6, 6.07) is 4.00. The van der Waals surface area contributed by atoms with E-state index in [0.29, 0.717) is 6.42 Å². The Morgan fingerprint density at radius 1 is 1.21 bits per heavy atom. The average Bonchev–Trinajstić information content (AvgIpc) is 3.23. The Morgan fingerprint density at radius 2 is 2.00 bits per heavy atom. The summed E-state index contributed by atoms with van der Waals surface area (Å²) in [5.74, 6) is -0.993. The second kappa shape index (κ2) is 8.89. The molecular weight excluding hydrogens is 372 g/mol. The number of hydrogen-bond acceptors (Lipinski definition) is 9. The molecule has 5 N–H and O–H groups in total. The van der Waals surface area contributed by atoms with Crippen molar-refractivity contribution in [2.75, 3.05) is 6.61 Å². The van der Waals surface area contributed by atoms with Crippen LogP contribution in [0.15, 0.2) is 30.4 Å². The van der Waals surface area contributed by atoms with E-state index in [1.54, 1.807) is 6.08 Å². The van der Waals surface area contributed by atoms with Crippen molar-refractivity contribution in [1.82, 2.24) is 0 Å². The summed E-state index contributed by atoms with van der Waals surface area (Å²) >= 11 is 0. The number of benzene rings is 1. The van der Waals surface area contributed by atoms with Crippen LogP contribution in [-0.4, -0.2) is 68.8 Å². The molecule has 1 fully saturated rings. The maximum atomic E-state index is 12.4. The number of phenols is 1. The van der Waals surface area contributed by atoms with Crippen molar-refractivity contribution in [3.05, 3.63) is 35.9 Å². The van der Waals surface area contributed by atoms with Crippen LogP contribution in [-0.2, 0) is 20.9 Å². The number of hydrogen-bond donors (Lipinski definition) is 5. The van der Waals surface area contributed by atoms with Gasteiger partial charge in [-0.25, -0.2) is 0 Å². The molecule has 9 nitrogen and oxygen atoms in total. The first-order chi connectivity index (χ1) is 13.4. The lowest BCUT2D eigenvalue weighted by Crippen LogP contribution is -2.61. The first-order valence-electron chi connectivity index (χ1n) is 9.03. The molecule has 9 heteroatoms. The molecule has 0 amide bonds. The van der Waals surface area contributed by atoms with Crippen molar-refractivity contribution in [1.29, 1.82) is 0 Å². The van der Waals surface area contributed by atoms with Gasteiger partial charge in [0.2, 0.25) is 6.29 Å². The molecule has 0 saturated carbocycles. The van der Waals surface area contributed by atoms with Crippen LogP contribution in [0.3, 0.4) is 0 Å². The Kier molecular flexibility index (Phi) is 6.53. The van der Waals surface area contributed by atoms with E-state index in [1.807, 2.05) is 6.08 Å². The minimum atomic E-state index is -1.56. The molecule has 0 spiro atoms. The van der Waals surface area contributed by atoms with Gasteiger partial charge >= 0.3 is 5.97 Å². The third-order valence-corrected chi connectivity index (χ3v) is 4.85. The summed E-state index contributed by atoms with van der Waals surface area (Å²) in [7, 11) is 0. The Hall–Kier alpha value is -2.17. The van der Waals surface area contributed by atoms with Gasteiger partial charge in [-0.3, -0.25) is 4.79 Å². The van der Waals surface area contributed by atoms with E-state index >= 15 is 0 Å². The number of phenolic OH excluding ortho intramolecular Hbond substituents is 1. The van der Waals surface area contributed by atoms with E-state index in [0.717, 1.165) is 6.42 Å². The highest BCUT2D eigenvalue weighted by atomic mass is 16.7. The number of ether oxygens (including phenoxy) is 3. The number of aliphatic hydroxyl groups excluding tert-OH is 4. The molecule has 0 aromatic heterocycles. The molecule has 1 aliphatic heterocycles. The monoisotopic (exact) mass is 396 g/mol. The van der Waals surface area contributed by atoms with Crippen molar-refractivity contribution in [3.63, 3.8) is 0 Å². The lowest BCUT2D eigenvalue weighted by Gasteiger charge is -2.41. The van der Waals surface area contributed by atoms with Gasteiger partial charge in [-0.2, -0.15) is 0 Å². The summed E-state index contributed by atoms with van der Waals surface area (Å²) in [4.78, 5) is 12.4. The van der Waals surface area contributed by atoms with E-state index in [9.17, 15) is 30.3 Å². The number of aromatic hydroxyl groups is 1. The minimum Gasteiger partial charge on any atom is -0.508 e. The predicted octanol–water partition coefficient (Wildman–Crippen LogP) is -0.420. The third-order valence-electron chi connectivity index (χ3n) is 4.85. The minimum absolute atomic E-state index is 0.0827. The zero-order chi connectivity index (χ0) is 20.3. The SMILES string of the molecule is O=C(O[C@H]1[C@H](Oc2ccc(O)cc2CO)O[C@H](CO)[C@@H](O)[C@@H]1O)C1C=CCC1. The topological polar surface area (TPSA) is 146 Å². The number of carbonyl (C=O) groups is 1. The molecule has 1 aromatic carbocycles. The summed E-state index contributed by atoms with van der Waals surface area (Å²) in [5, 5.41) is 49.0. The molecule has 6 atom stereocenters. The third kappa shape index (κ3) is 4.29. The summed E-state index contributed by atoms with van der Waals surface area (Å²) in [6.45, 7) is -1.03. The van der Waals surface area contributed by atoms with Gasteiger partial charge in [-0.05, 0) is 31.0 Å². The first-order valence-corrected chi connectivity index (χ1v) is 9.03. The number of carbonyl (C=O) groups excluding carboxylic acids is 1. The molecule has 1 aromatic rings. The van der Waals surface area contributed by atoms with Crippen molar-refractivity contribution in [3.8, 4) is 11.5 Å². The Bertz CT molecular complexity index is 719. The molecule has 1 heterocycles. The zero-order valence-electron chi connectivity index (χ0n) is 15.0. The van der Waals surface area contributed by atoms with Crippen LogP contribution in [0, 0.1) is 5.92 Å². The summed E-state index contributed by atoms with van der Waals surface area (Å²) in [6.07, 6.45) is -2.01. The van der Waals surface area contributed by atoms with E-state index in [-0.39, 0.29) is 17.1 Å². The number of aliphatic hydroxyl groups is 4. The fourth-order valence-corrected chi connectivity index (χ4v) is 3.26. The van der Waals surface area contributed by atoms with Gasteiger partial charge in [-0.1, -0.05) is 12.2 Å². The average molecular weight is 396 g/mol. The Labute approximate surface area is 161 Å². The van der Waals surface area contributed by atoms with Crippen molar-refractivity contribution < 1.29 is 44.5 Å². The highest BCUT2D eigenvalue weighted by Gasteiger charge is 2.48. The molecule has 1 unspecified atom stereocenters. The van der Waals surface area contributed by atoms with Crippen LogP contribution in [0.5, 0.6) is 11.5 Å². The smallest absolute Gasteiger partial charge is 0.313 e. The second-order valence-corrected chi connectivity index (χ2v) is 6.79. The second-order valence-electron chi connectivity index (χ2n) is 6.79. The molecule has 0 bridgehead atoms. The normalized spacial score (nSPS) is 32.3. The predicted molar refractivity (Wildman–Crippen MR) is 94.2 cm³/mol. The van der Waals surface area contributed by atoms with Crippen LogP contribution < -0.4 is 4.74 Å². The molecule has 28 heavy (non-hydrogen) atoms. The van der Waals surface area contributed by atoms with Crippen LogP contribution in [0.25, 0.3) is 0 Å². The molecular formula is C19H24O9. The van der Waals surface area contributed by atoms with Gasteiger partial charge in [0.1, 0.15) is 29.8 Å². The standard InChI is InChI=1S/C19H24O9/c20-8-11-7-12(22)5-6-13(11)26-19-17(16(24)15(23)14(9-21)27-19)28-18(25)10-3-1-2-4-10/h1,3,5-7,10,14-17,19-24H,2,4,8-9H2/t10?,14-,15-,16+,17-,19-/m1/s1. The van der Waals surface area contributed by atoms with Crippen molar-refractivity contribution in [2.24, 2.45) is 5.92 Å². The maximum absolute atomic E-state index is 12.4. The lowest BCUT2D eigenvalue weighted by atomic mass is 9.98. The van der Waals surface area contributed by atoms with Gasteiger partial charge in [0, 0.05) is 5.56 Å². The maximum Gasteiger partial charge on any atom is 0.313 e. The summed E-state index contributed by atoms with van der Waals surface area (Å²) in [5.41, 5.74) is 0.244. The first kappa shape index (κ1) is 20.6. The number of rotatable bonds is 6. The van der Waals surface area contributed by atoms with Gasteiger partial charge < -0.3 is 39.7 Å². The molecule has 2 aliphatic rings. The molecule has 0 radical (unpaired) electrons. The highest BCUT2D eigenvalue weighted by molar-refractivity contribution is 5.75. The Morgan fingerprint density at radius 3 is 2.64 bits per heavy atom. The van der Waals surface area contributed by atoms with E-state index in [1.165, 1.54) is 18.2 Å². The summed E-state index contributed by atoms with van der Waals surface area (Å²) < 4.78 is 16.6. The van der Waals surface area contributed by atoms with E-state index in [4.69, 9.17) is 14.2 Å². The van der Waals surface area contributed by atoms with Gasteiger partial charge in [0.25, 0.3) is 0 Å². The van der Waals surface area contributed by atoms with Crippen molar-refractivity contribution in [2.45, 2.75) is 50.2 Å². The van der Waals surface area contributed by atoms with Gasteiger partial charge in [0.05, 0.1) is 19.1 Å². The quantitative estimate of drug-likeness (QED) is 0.320. The van der Waals surface area contributed by atoms with Crippen molar-refractivity contribution >= 4 is 5.97 Å². The molecule has 3 rings (SSSR count). The lowest BCUT2D eigenvalue weighted by molar-refractivity contribution is -0.283.